The maximum Gasteiger partial charge on any atom is 0.307 e. The van der Waals surface area contributed by atoms with Crippen LogP contribution in [0.25, 0.3) is 0 Å². The van der Waals surface area contributed by atoms with Crippen LogP contribution < -0.4 is 15.6 Å². The largest absolute Gasteiger partial charge is 0.481 e. The van der Waals surface area contributed by atoms with Gasteiger partial charge in [-0.2, -0.15) is 0 Å². The van der Waals surface area contributed by atoms with Crippen molar-refractivity contribution in [3.8, 4) is 5.75 Å². The number of hydrogen-bond acceptors (Lipinski definition) is 4. The molecule has 0 aliphatic heterocycles. The molecule has 0 radical (unpaired) electrons. The Labute approximate surface area is 156 Å². The van der Waals surface area contributed by atoms with Crippen LogP contribution in [0.5, 0.6) is 5.75 Å². The number of carbonyl (C=O) groups is 3. The number of benzene rings is 1. The Balaban J connectivity index is 1.89. The molecule has 1 aromatic rings. The molecule has 0 fully saturated rings. The van der Waals surface area contributed by atoms with Gasteiger partial charge in [0.15, 0.2) is 6.10 Å². The Morgan fingerprint density at radius 3 is 2.46 bits per heavy atom. The zero-order valence-corrected chi connectivity index (χ0v) is 15.2. The minimum absolute atomic E-state index is 0.288. The first-order valence-corrected chi connectivity index (χ1v) is 8.57. The van der Waals surface area contributed by atoms with Crippen molar-refractivity contribution in [3.05, 3.63) is 40.9 Å². The van der Waals surface area contributed by atoms with Crippen LogP contribution >= 0.6 is 11.6 Å². The van der Waals surface area contributed by atoms with Crippen LogP contribution in [0.15, 0.2) is 30.4 Å². The van der Waals surface area contributed by atoms with Crippen molar-refractivity contribution in [2.24, 2.45) is 11.8 Å². The summed E-state index contributed by atoms with van der Waals surface area (Å²) in [5.41, 5.74) is 5.35. The number of aryl methyl sites for hydroxylation is 1. The quantitative estimate of drug-likeness (QED) is 0.536. The van der Waals surface area contributed by atoms with Gasteiger partial charge in [-0.3, -0.25) is 25.2 Å². The van der Waals surface area contributed by atoms with E-state index in [1.807, 2.05) is 0 Å². The molecule has 2 rings (SSSR count). The van der Waals surface area contributed by atoms with E-state index in [1.165, 1.54) is 0 Å². The van der Waals surface area contributed by atoms with Crippen LogP contribution in [-0.2, 0) is 14.4 Å². The molecule has 3 N–H and O–H groups in total. The number of hydrazine groups is 1. The van der Waals surface area contributed by atoms with Crippen molar-refractivity contribution >= 4 is 29.4 Å². The van der Waals surface area contributed by atoms with Crippen molar-refractivity contribution in [2.75, 3.05) is 0 Å². The van der Waals surface area contributed by atoms with E-state index in [-0.39, 0.29) is 6.42 Å². The van der Waals surface area contributed by atoms with Crippen molar-refractivity contribution < 1.29 is 24.2 Å². The summed E-state index contributed by atoms with van der Waals surface area (Å²) >= 11 is 5.88. The Morgan fingerprint density at radius 2 is 1.85 bits per heavy atom. The topological polar surface area (TPSA) is 105 Å². The first-order chi connectivity index (χ1) is 12.3. The first-order valence-electron chi connectivity index (χ1n) is 8.20. The van der Waals surface area contributed by atoms with Crippen molar-refractivity contribution in [1.82, 2.24) is 10.9 Å². The predicted molar refractivity (Wildman–Crippen MR) is 95.6 cm³/mol. The molecule has 2 amide bonds. The van der Waals surface area contributed by atoms with Crippen LogP contribution in [0.4, 0.5) is 0 Å². The third-order valence-electron chi connectivity index (χ3n) is 4.21. The van der Waals surface area contributed by atoms with Gasteiger partial charge in [0.2, 0.25) is 5.91 Å². The summed E-state index contributed by atoms with van der Waals surface area (Å²) in [6.45, 7) is 3.34. The molecule has 26 heavy (non-hydrogen) atoms. The number of hydrogen-bond donors (Lipinski definition) is 3. The number of carboxylic acid groups (broad SMARTS) is 1. The summed E-state index contributed by atoms with van der Waals surface area (Å²) in [5, 5.41) is 9.77. The second kappa shape index (κ2) is 8.71. The molecule has 8 heteroatoms. The zero-order chi connectivity index (χ0) is 19.3. The van der Waals surface area contributed by atoms with Crippen LogP contribution in [0.3, 0.4) is 0 Å². The molecule has 1 aromatic carbocycles. The van der Waals surface area contributed by atoms with Crippen molar-refractivity contribution in [1.29, 1.82) is 0 Å². The van der Waals surface area contributed by atoms with Gasteiger partial charge in [-0.05, 0) is 50.5 Å². The molecule has 0 heterocycles. The van der Waals surface area contributed by atoms with Crippen LogP contribution in [-0.4, -0.2) is 29.0 Å². The highest BCUT2D eigenvalue weighted by Gasteiger charge is 2.34. The summed E-state index contributed by atoms with van der Waals surface area (Å²) in [6, 6.07) is 5.02. The molecule has 1 aliphatic rings. The van der Waals surface area contributed by atoms with Gasteiger partial charge in [0.25, 0.3) is 5.91 Å². The third kappa shape index (κ3) is 4.98. The molecule has 3 unspecified atom stereocenters. The van der Waals surface area contributed by atoms with E-state index in [2.05, 4.69) is 10.9 Å². The van der Waals surface area contributed by atoms with Gasteiger partial charge >= 0.3 is 5.97 Å². The average Bonchev–Trinajstić information content (AvgIpc) is 2.61. The number of allylic oxidation sites excluding steroid dienone is 2. The molecule has 0 aromatic heterocycles. The van der Waals surface area contributed by atoms with E-state index >= 15 is 0 Å². The minimum atomic E-state index is -1.03. The first kappa shape index (κ1) is 19.8. The lowest BCUT2D eigenvalue weighted by Crippen LogP contribution is -2.50. The van der Waals surface area contributed by atoms with Crippen molar-refractivity contribution in [3.63, 3.8) is 0 Å². The molecule has 1 aliphatic carbocycles. The van der Waals surface area contributed by atoms with Crippen LogP contribution in [0, 0.1) is 18.8 Å². The Morgan fingerprint density at radius 1 is 1.19 bits per heavy atom. The molecular formula is C18H21ClN2O5. The van der Waals surface area contributed by atoms with E-state index in [0.29, 0.717) is 17.2 Å². The molecule has 7 nitrogen and oxygen atoms in total. The van der Waals surface area contributed by atoms with Crippen LogP contribution in [0.1, 0.15) is 25.3 Å². The number of aliphatic carboxylic acids is 1. The lowest BCUT2D eigenvalue weighted by Gasteiger charge is -2.24. The molecular weight excluding hydrogens is 360 g/mol. The Bertz CT molecular complexity index is 734. The summed E-state index contributed by atoms with van der Waals surface area (Å²) in [5.74, 6) is -3.15. The smallest absolute Gasteiger partial charge is 0.307 e. The highest BCUT2D eigenvalue weighted by molar-refractivity contribution is 6.30. The molecule has 140 valence electrons. The van der Waals surface area contributed by atoms with E-state index in [1.54, 1.807) is 44.2 Å². The summed E-state index contributed by atoms with van der Waals surface area (Å²) in [4.78, 5) is 35.6. The van der Waals surface area contributed by atoms with Gasteiger partial charge in [-0.15, -0.1) is 0 Å². The third-order valence-corrected chi connectivity index (χ3v) is 4.44. The second-order valence-corrected chi connectivity index (χ2v) is 6.58. The lowest BCUT2D eigenvalue weighted by molar-refractivity contribution is -0.147. The summed E-state index contributed by atoms with van der Waals surface area (Å²) in [6.07, 6.45) is 3.24. The fourth-order valence-corrected chi connectivity index (χ4v) is 2.91. The Hall–Kier alpha value is -2.54. The summed E-state index contributed by atoms with van der Waals surface area (Å²) in [7, 11) is 0. The number of nitrogens with one attached hydrogen (secondary N) is 2. The maximum atomic E-state index is 12.2. The number of ether oxygens (including phenoxy) is 1. The molecule has 0 bridgehead atoms. The number of amides is 2. The fraction of sp³-hybridized carbons (Fsp3) is 0.389. The second-order valence-electron chi connectivity index (χ2n) is 6.14. The normalized spacial score (nSPS) is 20.1. The molecule has 0 spiro atoms. The van der Waals surface area contributed by atoms with Gasteiger partial charge in [-0.25, -0.2) is 0 Å². The van der Waals surface area contributed by atoms with Gasteiger partial charge in [-0.1, -0.05) is 23.8 Å². The Kier molecular flexibility index (Phi) is 6.63. The van der Waals surface area contributed by atoms with Gasteiger partial charge in [0.05, 0.1) is 11.8 Å². The number of rotatable bonds is 5. The SMILES string of the molecule is Cc1cc(Cl)ccc1OC(C)C(=O)NNC(=O)C1CC=CCC1C(=O)O. The lowest BCUT2D eigenvalue weighted by atomic mass is 9.82. The van der Waals surface area contributed by atoms with E-state index < -0.39 is 35.7 Å². The number of carbonyl (C=O) groups excluding carboxylic acids is 2. The van der Waals surface area contributed by atoms with E-state index in [4.69, 9.17) is 16.3 Å². The van der Waals surface area contributed by atoms with Crippen molar-refractivity contribution in [2.45, 2.75) is 32.8 Å². The average molecular weight is 381 g/mol. The van der Waals surface area contributed by atoms with Gasteiger partial charge in [0, 0.05) is 5.02 Å². The minimum Gasteiger partial charge on any atom is -0.481 e. The predicted octanol–water partition coefficient (Wildman–Crippen LogP) is 2.23. The summed E-state index contributed by atoms with van der Waals surface area (Å²) < 4.78 is 5.57. The highest BCUT2D eigenvalue weighted by Crippen LogP contribution is 2.26. The maximum absolute atomic E-state index is 12.2. The molecule has 3 atom stereocenters. The van der Waals surface area contributed by atoms with E-state index in [9.17, 15) is 19.5 Å². The van der Waals surface area contributed by atoms with Crippen LogP contribution in [0.2, 0.25) is 5.02 Å². The van der Waals surface area contributed by atoms with Gasteiger partial charge in [0.1, 0.15) is 5.75 Å². The van der Waals surface area contributed by atoms with E-state index in [0.717, 1.165) is 5.56 Å². The molecule has 0 saturated heterocycles. The van der Waals surface area contributed by atoms with Gasteiger partial charge < -0.3 is 9.84 Å². The number of halogens is 1. The molecule has 0 saturated carbocycles. The monoisotopic (exact) mass is 380 g/mol. The zero-order valence-electron chi connectivity index (χ0n) is 14.5. The standard InChI is InChI=1S/C18H21ClN2O5/c1-10-9-12(19)7-8-15(10)26-11(2)16(22)20-21-17(23)13-5-3-4-6-14(13)18(24)25/h3-4,7-9,11,13-14H,5-6H2,1-2H3,(H,20,22)(H,21,23)(H,24,25). The number of carboxylic acids is 1. The highest BCUT2D eigenvalue weighted by atomic mass is 35.5. The fourth-order valence-electron chi connectivity index (χ4n) is 2.68.